The average molecular weight is 638 g/mol. The smallest absolute Gasteiger partial charge is 0.313 e. The Bertz CT molecular complexity index is 1280. The van der Waals surface area contributed by atoms with Crippen molar-refractivity contribution >= 4 is 23.7 Å². The fourth-order valence-corrected chi connectivity index (χ4v) is 7.64. The van der Waals surface area contributed by atoms with Gasteiger partial charge in [0.1, 0.15) is 17.7 Å². The summed E-state index contributed by atoms with van der Waals surface area (Å²) in [4.78, 5) is 59.0. The van der Waals surface area contributed by atoms with E-state index in [1.807, 2.05) is 58.0 Å². The van der Waals surface area contributed by atoms with Crippen LogP contribution in [0.4, 0.5) is 0 Å². The molecule has 1 spiro atoms. The van der Waals surface area contributed by atoms with Crippen LogP contribution >= 0.6 is 0 Å². The highest BCUT2D eigenvalue weighted by molar-refractivity contribution is 5.98. The number of allylic oxidation sites excluding steroid dienone is 1. The van der Waals surface area contributed by atoms with Crippen molar-refractivity contribution in [3.8, 4) is 0 Å². The number of carbonyl (C=O) groups is 4. The Hall–Kier alpha value is -3.50. The molecule has 4 rings (SSSR count). The molecule has 3 heterocycles. The van der Waals surface area contributed by atoms with Crippen molar-refractivity contribution < 1.29 is 33.8 Å². The van der Waals surface area contributed by atoms with Crippen molar-refractivity contribution in [2.75, 3.05) is 13.2 Å². The van der Waals surface area contributed by atoms with Crippen LogP contribution in [0.3, 0.4) is 0 Å². The van der Waals surface area contributed by atoms with Gasteiger partial charge in [0, 0.05) is 19.0 Å². The summed E-state index contributed by atoms with van der Waals surface area (Å²) < 4.78 is 12.8. The van der Waals surface area contributed by atoms with Crippen molar-refractivity contribution in [1.82, 2.24) is 15.1 Å². The lowest BCUT2D eigenvalue weighted by Gasteiger charge is -2.40. The van der Waals surface area contributed by atoms with Crippen LogP contribution in [0.2, 0.25) is 0 Å². The lowest BCUT2D eigenvalue weighted by Crippen LogP contribution is -2.59. The predicted molar refractivity (Wildman–Crippen MR) is 174 cm³/mol. The van der Waals surface area contributed by atoms with Crippen LogP contribution in [0.5, 0.6) is 0 Å². The molecule has 10 nitrogen and oxygen atoms in total. The zero-order valence-electron chi connectivity index (χ0n) is 27.9. The van der Waals surface area contributed by atoms with Gasteiger partial charge in [0.25, 0.3) is 0 Å². The van der Waals surface area contributed by atoms with Crippen molar-refractivity contribution in [3.05, 3.63) is 61.2 Å². The summed E-state index contributed by atoms with van der Waals surface area (Å²) in [6, 6.07) is 6.82. The normalized spacial score (nSPS) is 26.9. The number of rotatable bonds is 16. The van der Waals surface area contributed by atoms with Gasteiger partial charge in [0.15, 0.2) is 0 Å². The third kappa shape index (κ3) is 6.79. The molecule has 2 N–H and O–H groups in total. The molecule has 0 aliphatic carbocycles. The third-order valence-electron chi connectivity index (χ3n) is 9.61. The molecule has 3 aliphatic rings. The molecular formula is C36H51N3O7. The Morgan fingerprint density at radius 2 is 1.85 bits per heavy atom. The SMILES string of the molecule is C=CCCC(=O)N[C@@H](C)[C@H](OC(=O)[C@@H]1[C@@H]2CC[C@]3(O2)[C@H](C(=O)N(CC=C)C(C)C)N([C@@H](CO)CC(C)C)C(=O)[C@@H]13)c1ccccc1. The number of ether oxygens (including phenoxy) is 2. The van der Waals surface area contributed by atoms with Crippen LogP contribution in [0, 0.1) is 17.8 Å². The number of esters is 1. The van der Waals surface area contributed by atoms with Crippen LogP contribution in [-0.2, 0) is 28.7 Å². The topological polar surface area (TPSA) is 125 Å². The maximum Gasteiger partial charge on any atom is 0.313 e. The monoisotopic (exact) mass is 637 g/mol. The number of aliphatic hydroxyl groups excluding tert-OH is 1. The number of carbonyl (C=O) groups excluding carboxylic acids is 4. The number of amides is 3. The van der Waals surface area contributed by atoms with E-state index in [1.54, 1.807) is 24.0 Å². The number of hydrogen-bond acceptors (Lipinski definition) is 7. The molecule has 252 valence electrons. The lowest BCUT2D eigenvalue weighted by atomic mass is 9.70. The van der Waals surface area contributed by atoms with Gasteiger partial charge in [-0.2, -0.15) is 0 Å². The van der Waals surface area contributed by atoms with E-state index in [2.05, 4.69) is 18.5 Å². The van der Waals surface area contributed by atoms with E-state index < -0.39 is 53.7 Å². The average Bonchev–Trinajstić information content (AvgIpc) is 3.67. The molecule has 0 radical (unpaired) electrons. The first-order valence-corrected chi connectivity index (χ1v) is 16.6. The van der Waals surface area contributed by atoms with E-state index in [4.69, 9.17) is 9.47 Å². The standard InChI is InChI=1S/C36H51N3O7/c1-8-10-16-28(41)37-24(7)31(25-14-12-11-13-15-25)45-35(44)29-27-17-18-36(46-27)30(29)33(42)39(26(21-40)20-22(3)4)32(36)34(43)38(19-9-2)23(5)6/h8-9,11-15,22-24,26-27,29-32,40H,1-2,10,16-21H2,3-7H3,(H,37,41)/t24-,26+,27-,29+,30+,31-,32-,36+/m0/s1. The Morgan fingerprint density at radius 1 is 1.15 bits per heavy atom. The molecule has 10 heteroatoms. The molecule has 0 saturated carbocycles. The molecule has 0 aromatic heterocycles. The third-order valence-corrected chi connectivity index (χ3v) is 9.61. The summed E-state index contributed by atoms with van der Waals surface area (Å²) in [7, 11) is 0. The Morgan fingerprint density at radius 3 is 2.43 bits per heavy atom. The molecule has 3 saturated heterocycles. The highest BCUT2D eigenvalue weighted by Gasteiger charge is 2.75. The molecule has 0 unspecified atom stereocenters. The Kier molecular flexibility index (Phi) is 11.5. The molecule has 3 aliphatic heterocycles. The predicted octanol–water partition coefficient (Wildman–Crippen LogP) is 3.95. The molecular weight excluding hydrogens is 586 g/mol. The zero-order valence-corrected chi connectivity index (χ0v) is 27.9. The molecule has 1 aromatic carbocycles. The summed E-state index contributed by atoms with van der Waals surface area (Å²) >= 11 is 0. The molecule has 8 atom stereocenters. The first kappa shape index (κ1) is 35.4. The second kappa shape index (κ2) is 14.9. The van der Waals surface area contributed by atoms with Gasteiger partial charge in [-0.25, -0.2) is 0 Å². The molecule has 3 amide bonds. The van der Waals surface area contributed by atoms with E-state index in [-0.39, 0.29) is 49.3 Å². The minimum Gasteiger partial charge on any atom is -0.455 e. The number of nitrogens with zero attached hydrogens (tertiary/aromatic N) is 2. The number of aliphatic hydroxyl groups is 1. The molecule has 1 aromatic rings. The van der Waals surface area contributed by atoms with Crippen molar-refractivity contribution in [3.63, 3.8) is 0 Å². The van der Waals surface area contributed by atoms with Gasteiger partial charge in [-0.05, 0) is 57.9 Å². The van der Waals surface area contributed by atoms with Crippen molar-refractivity contribution in [2.24, 2.45) is 17.8 Å². The Labute approximate surface area is 273 Å². The highest BCUT2D eigenvalue weighted by atomic mass is 16.6. The van der Waals surface area contributed by atoms with E-state index in [0.29, 0.717) is 31.2 Å². The van der Waals surface area contributed by atoms with E-state index in [0.717, 1.165) is 0 Å². The first-order valence-electron chi connectivity index (χ1n) is 16.6. The maximum absolute atomic E-state index is 14.5. The minimum atomic E-state index is -1.23. The second-order valence-corrected chi connectivity index (χ2v) is 13.6. The Balaban J connectivity index is 1.71. The molecule has 46 heavy (non-hydrogen) atoms. The summed E-state index contributed by atoms with van der Waals surface area (Å²) in [5, 5.41) is 13.5. The summed E-state index contributed by atoms with van der Waals surface area (Å²) in [5.74, 6) is -3.19. The number of benzene rings is 1. The first-order chi connectivity index (χ1) is 21.9. The van der Waals surface area contributed by atoms with Crippen LogP contribution < -0.4 is 5.32 Å². The van der Waals surface area contributed by atoms with Crippen LogP contribution in [-0.4, -0.2) is 87.6 Å². The van der Waals surface area contributed by atoms with Gasteiger partial charge in [-0.3, -0.25) is 19.2 Å². The fraction of sp³-hybridized carbons (Fsp3) is 0.611. The van der Waals surface area contributed by atoms with Gasteiger partial charge in [0.2, 0.25) is 17.7 Å². The number of nitrogens with one attached hydrogen (secondary N) is 1. The van der Waals surface area contributed by atoms with Crippen molar-refractivity contribution in [1.29, 1.82) is 0 Å². The van der Waals surface area contributed by atoms with E-state index in [1.165, 1.54) is 4.90 Å². The van der Waals surface area contributed by atoms with E-state index in [9.17, 15) is 24.3 Å². The molecule has 2 bridgehead atoms. The van der Waals surface area contributed by atoms with Gasteiger partial charge in [0.05, 0.1) is 36.6 Å². The lowest BCUT2D eigenvalue weighted by molar-refractivity contribution is -0.163. The van der Waals surface area contributed by atoms with Gasteiger partial charge in [-0.15, -0.1) is 13.2 Å². The maximum atomic E-state index is 14.5. The minimum absolute atomic E-state index is 0.140. The summed E-state index contributed by atoms with van der Waals surface area (Å²) in [6.45, 7) is 17.1. The van der Waals surface area contributed by atoms with Gasteiger partial charge >= 0.3 is 5.97 Å². The van der Waals surface area contributed by atoms with E-state index >= 15 is 0 Å². The highest BCUT2D eigenvalue weighted by Crippen LogP contribution is 2.59. The van der Waals surface area contributed by atoms with Crippen molar-refractivity contribution in [2.45, 2.75) is 109 Å². The van der Waals surface area contributed by atoms with Crippen LogP contribution in [0.1, 0.15) is 78.4 Å². The summed E-state index contributed by atoms with van der Waals surface area (Å²) in [6.07, 6.45) is 4.08. The largest absolute Gasteiger partial charge is 0.455 e. The summed E-state index contributed by atoms with van der Waals surface area (Å²) in [5.41, 5.74) is -0.526. The number of hydrogen-bond donors (Lipinski definition) is 2. The molecule has 3 fully saturated rings. The van der Waals surface area contributed by atoms with Crippen LogP contribution in [0.15, 0.2) is 55.6 Å². The fourth-order valence-electron chi connectivity index (χ4n) is 7.64. The van der Waals surface area contributed by atoms with Gasteiger partial charge in [-0.1, -0.05) is 56.3 Å². The number of fused-ring (bicyclic) bond motifs is 1. The van der Waals surface area contributed by atoms with Gasteiger partial charge < -0.3 is 29.7 Å². The number of likely N-dealkylation sites (tertiary alicyclic amines) is 1. The quantitative estimate of drug-likeness (QED) is 0.208. The second-order valence-electron chi connectivity index (χ2n) is 13.6. The zero-order chi connectivity index (χ0) is 33.8. The van der Waals surface area contributed by atoms with Crippen LogP contribution in [0.25, 0.3) is 0 Å².